The summed E-state index contributed by atoms with van der Waals surface area (Å²) in [5.41, 5.74) is 1.59. The average Bonchev–Trinajstić information content (AvgIpc) is 2.96. The number of hydrogen-bond donors (Lipinski definition) is 1. The van der Waals surface area contributed by atoms with Gasteiger partial charge in [0.25, 0.3) is 11.5 Å². The van der Waals surface area contributed by atoms with E-state index in [-0.39, 0.29) is 17.1 Å². The van der Waals surface area contributed by atoms with Crippen molar-refractivity contribution < 1.29 is 4.79 Å². The van der Waals surface area contributed by atoms with Gasteiger partial charge in [0.15, 0.2) is 5.65 Å². The lowest BCUT2D eigenvalue weighted by atomic mass is 10.2. The third-order valence-corrected chi connectivity index (χ3v) is 3.97. The molecule has 0 aliphatic heterocycles. The van der Waals surface area contributed by atoms with Crippen molar-refractivity contribution in [3.8, 4) is 5.69 Å². The Hall–Kier alpha value is -3.81. The summed E-state index contributed by atoms with van der Waals surface area (Å²) in [6, 6.07) is 10.1. The van der Waals surface area contributed by atoms with Crippen LogP contribution in [0.5, 0.6) is 0 Å². The summed E-state index contributed by atoms with van der Waals surface area (Å²) in [6.45, 7) is 1.77. The number of nitrogens with zero attached hydrogens (tertiary/aromatic N) is 5. The maximum atomic E-state index is 12.9. The molecule has 0 aliphatic carbocycles. The second-order valence-electron chi connectivity index (χ2n) is 5.57. The van der Waals surface area contributed by atoms with E-state index in [2.05, 4.69) is 20.3 Å². The first-order valence-corrected chi connectivity index (χ1v) is 7.89. The molecule has 128 valence electrons. The fourth-order valence-electron chi connectivity index (χ4n) is 2.86. The molecule has 1 amide bonds. The van der Waals surface area contributed by atoms with Gasteiger partial charge < -0.3 is 5.32 Å². The summed E-state index contributed by atoms with van der Waals surface area (Å²) in [6.07, 6.45) is 6.22. The number of carbonyl (C=O) groups is 1. The van der Waals surface area contributed by atoms with Gasteiger partial charge in [-0.25, -0.2) is 14.6 Å². The Balaban J connectivity index is 1.94. The lowest BCUT2D eigenvalue weighted by Gasteiger charge is -2.08. The summed E-state index contributed by atoms with van der Waals surface area (Å²) in [5, 5.41) is 2.74. The van der Waals surface area contributed by atoms with E-state index in [0.29, 0.717) is 22.8 Å². The molecule has 0 spiro atoms. The number of pyridine rings is 2. The van der Waals surface area contributed by atoms with Crippen LogP contribution < -0.4 is 10.9 Å². The molecule has 0 unspecified atom stereocenters. The highest BCUT2D eigenvalue weighted by atomic mass is 16.2. The topological polar surface area (TPSA) is 94.2 Å². The maximum Gasteiger partial charge on any atom is 0.273 e. The van der Waals surface area contributed by atoms with E-state index in [0.717, 1.165) is 0 Å². The van der Waals surface area contributed by atoms with Crippen molar-refractivity contribution in [1.29, 1.82) is 0 Å². The molecule has 0 aromatic carbocycles. The Labute approximate surface area is 147 Å². The summed E-state index contributed by atoms with van der Waals surface area (Å²) >= 11 is 0. The molecular formula is C18H14N6O2. The van der Waals surface area contributed by atoms with E-state index in [4.69, 9.17) is 0 Å². The van der Waals surface area contributed by atoms with E-state index in [1.54, 1.807) is 60.5 Å². The molecule has 0 bridgehead atoms. The molecular weight excluding hydrogens is 332 g/mol. The van der Waals surface area contributed by atoms with Crippen molar-refractivity contribution >= 4 is 17.4 Å². The van der Waals surface area contributed by atoms with Crippen LogP contribution in [0.4, 0.5) is 5.82 Å². The van der Waals surface area contributed by atoms with Gasteiger partial charge in [-0.1, -0.05) is 6.07 Å². The van der Waals surface area contributed by atoms with Crippen LogP contribution in [-0.2, 0) is 0 Å². The zero-order valence-corrected chi connectivity index (χ0v) is 13.8. The molecule has 0 radical (unpaired) electrons. The number of hydrogen-bond acceptors (Lipinski definition) is 5. The Kier molecular flexibility index (Phi) is 3.77. The van der Waals surface area contributed by atoms with Gasteiger partial charge in [0.1, 0.15) is 11.4 Å². The van der Waals surface area contributed by atoms with Crippen LogP contribution in [0.3, 0.4) is 0 Å². The second kappa shape index (κ2) is 6.25. The van der Waals surface area contributed by atoms with Gasteiger partial charge in [0, 0.05) is 30.9 Å². The van der Waals surface area contributed by atoms with Crippen molar-refractivity contribution in [3.05, 3.63) is 82.8 Å². The SMILES string of the molecule is Cc1c(C(=O)Nc2ccccn2)c2nccc(=O)n2n1-c1ccncc1. The molecule has 4 aromatic heterocycles. The van der Waals surface area contributed by atoms with E-state index in [9.17, 15) is 9.59 Å². The Morgan fingerprint density at radius 1 is 1.00 bits per heavy atom. The molecule has 0 saturated carbocycles. The Morgan fingerprint density at radius 3 is 2.54 bits per heavy atom. The monoisotopic (exact) mass is 346 g/mol. The first kappa shape index (κ1) is 15.7. The van der Waals surface area contributed by atoms with Gasteiger partial charge in [-0.3, -0.25) is 14.6 Å². The molecule has 0 saturated heterocycles. The van der Waals surface area contributed by atoms with Gasteiger partial charge in [-0.2, -0.15) is 4.52 Å². The van der Waals surface area contributed by atoms with Crippen LogP contribution in [0.15, 0.2) is 66.0 Å². The second-order valence-corrected chi connectivity index (χ2v) is 5.57. The minimum absolute atomic E-state index is 0.278. The van der Waals surface area contributed by atoms with Crippen molar-refractivity contribution in [2.24, 2.45) is 0 Å². The summed E-state index contributed by atoms with van der Waals surface area (Å²) in [5.74, 6) is 0.0367. The van der Waals surface area contributed by atoms with Gasteiger partial charge >= 0.3 is 0 Å². The van der Waals surface area contributed by atoms with Gasteiger partial charge in [0.2, 0.25) is 0 Å². The zero-order valence-electron chi connectivity index (χ0n) is 13.8. The lowest BCUT2D eigenvalue weighted by molar-refractivity contribution is 0.102. The van der Waals surface area contributed by atoms with Crippen molar-refractivity contribution in [2.75, 3.05) is 5.32 Å². The molecule has 0 aliphatic rings. The number of nitrogens with one attached hydrogen (secondary N) is 1. The lowest BCUT2D eigenvalue weighted by Crippen LogP contribution is -2.19. The van der Waals surface area contributed by atoms with Crippen molar-refractivity contribution in [1.82, 2.24) is 24.1 Å². The van der Waals surface area contributed by atoms with Gasteiger partial charge in [-0.05, 0) is 31.2 Å². The van der Waals surface area contributed by atoms with Gasteiger partial charge in [-0.15, -0.1) is 0 Å². The average molecular weight is 346 g/mol. The minimum atomic E-state index is -0.385. The maximum absolute atomic E-state index is 12.9. The largest absolute Gasteiger partial charge is 0.306 e. The first-order valence-electron chi connectivity index (χ1n) is 7.89. The highest BCUT2D eigenvalue weighted by Crippen LogP contribution is 2.20. The molecule has 8 heteroatoms. The Bertz CT molecular complexity index is 1150. The molecule has 4 rings (SSSR count). The summed E-state index contributed by atoms with van der Waals surface area (Å²) in [7, 11) is 0. The van der Waals surface area contributed by atoms with Crippen LogP contribution in [0.2, 0.25) is 0 Å². The van der Waals surface area contributed by atoms with Crippen LogP contribution in [0, 0.1) is 6.92 Å². The van der Waals surface area contributed by atoms with Crippen LogP contribution >= 0.6 is 0 Å². The molecule has 0 atom stereocenters. The predicted octanol–water partition coefficient (Wildman–Crippen LogP) is 1.84. The third-order valence-electron chi connectivity index (χ3n) is 3.97. The molecule has 26 heavy (non-hydrogen) atoms. The first-order chi connectivity index (χ1) is 12.7. The fourth-order valence-corrected chi connectivity index (χ4v) is 2.86. The van der Waals surface area contributed by atoms with E-state index in [1.807, 2.05) is 0 Å². The normalized spacial score (nSPS) is 10.8. The third kappa shape index (κ3) is 2.53. The smallest absolute Gasteiger partial charge is 0.273 e. The molecule has 1 N–H and O–H groups in total. The number of carbonyl (C=O) groups excluding carboxylic acids is 1. The van der Waals surface area contributed by atoms with E-state index >= 15 is 0 Å². The zero-order chi connectivity index (χ0) is 18.1. The molecule has 0 fully saturated rings. The number of amides is 1. The van der Waals surface area contributed by atoms with Crippen LogP contribution in [-0.4, -0.2) is 30.1 Å². The molecule has 8 nitrogen and oxygen atoms in total. The van der Waals surface area contributed by atoms with E-state index < -0.39 is 0 Å². The number of rotatable bonds is 3. The standard InChI is InChI=1S/C18H14N6O2/c1-12-16(18(26)22-14-4-2-3-8-20-14)17-21-11-7-15(25)24(17)23(12)13-5-9-19-10-6-13/h2-11H,1H3,(H,20,22,26). The summed E-state index contributed by atoms with van der Waals surface area (Å²) in [4.78, 5) is 37.7. The fraction of sp³-hybridized carbons (Fsp3) is 0.0556. The number of aromatic nitrogens is 5. The Morgan fingerprint density at radius 2 is 1.81 bits per heavy atom. The van der Waals surface area contributed by atoms with Crippen LogP contribution in [0.25, 0.3) is 11.3 Å². The number of anilines is 1. The number of fused-ring (bicyclic) bond motifs is 1. The highest BCUT2D eigenvalue weighted by Gasteiger charge is 2.23. The van der Waals surface area contributed by atoms with Gasteiger partial charge in [0.05, 0.1) is 11.4 Å². The summed E-state index contributed by atoms with van der Waals surface area (Å²) < 4.78 is 3.03. The molecule has 4 aromatic rings. The van der Waals surface area contributed by atoms with Crippen molar-refractivity contribution in [2.45, 2.75) is 6.92 Å². The molecule has 4 heterocycles. The van der Waals surface area contributed by atoms with E-state index in [1.165, 1.54) is 16.8 Å². The van der Waals surface area contributed by atoms with Crippen LogP contribution in [0.1, 0.15) is 16.1 Å². The quantitative estimate of drug-likeness (QED) is 0.611. The van der Waals surface area contributed by atoms with Crippen molar-refractivity contribution in [3.63, 3.8) is 0 Å². The minimum Gasteiger partial charge on any atom is -0.306 e. The predicted molar refractivity (Wildman–Crippen MR) is 95.5 cm³/mol. The highest BCUT2D eigenvalue weighted by molar-refractivity contribution is 6.08.